The van der Waals surface area contributed by atoms with Crippen molar-refractivity contribution >= 4 is 0 Å². The molecule has 1 nitrogen and oxygen atoms in total. The second-order valence-electron chi connectivity index (χ2n) is 6.07. The summed E-state index contributed by atoms with van der Waals surface area (Å²) in [6, 6.07) is 8.96. The van der Waals surface area contributed by atoms with Crippen LogP contribution in [0.5, 0.6) is 0 Å². The van der Waals surface area contributed by atoms with Gasteiger partial charge in [-0.25, -0.2) is 0 Å². The highest BCUT2D eigenvalue weighted by Gasteiger charge is 2.21. The van der Waals surface area contributed by atoms with Crippen molar-refractivity contribution in [2.24, 2.45) is 5.92 Å². The van der Waals surface area contributed by atoms with Gasteiger partial charge < -0.3 is 5.11 Å². The Morgan fingerprint density at radius 2 is 1.72 bits per heavy atom. The van der Waals surface area contributed by atoms with E-state index in [4.69, 9.17) is 0 Å². The first-order chi connectivity index (χ1) is 8.66. The lowest BCUT2D eigenvalue weighted by atomic mass is 9.89. The number of aliphatic hydroxyl groups excluding tert-OH is 1. The van der Waals surface area contributed by atoms with E-state index in [9.17, 15) is 5.11 Å². The summed E-state index contributed by atoms with van der Waals surface area (Å²) in [5.41, 5.74) is 2.78. The molecule has 1 aliphatic rings. The summed E-state index contributed by atoms with van der Waals surface area (Å²) in [6.45, 7) is 4.45. The van der Waals surface area contributed by atoms with Gasteiger partial charge in [0.15, 0.2) is 0 Å². The molecule has 0 saturated heterocycles. The lowest BCUT2D eigenvalue weighted by molar-refractivity contribution is 0.101. The van der Waals surface area contributed by atoms with Crippen molar-refractivity contribution in [3.8, 4) is 0 Å². The molecule has 0 spiro atoms. The van der Waals surface area contributed by atoms with E-state index in [0.717, 1.165) is 12.8 Å². The van der Waals surface area contributed by atoms with Gasteiger partial charge in [-0.05, 0) is 42.2 Å². The van der Waals surface area contributed by atoms with Crippen LogP contribution in [0.15, 0.2) is 24.3 Å². The SMILES string of the molecule is CC(C)c1ccc(CC2CCCCCC2O)cc1. The van der Waals surface area contributed by atoms with Crippen LogP contribution in [0.4, 0.5) is 0 Å². The molecule has 1 aromatic rings. The van der Waals surface area contributed by atoms with E-state index in [2.05, 4.69) is 38.1 Å². The molecule has 100 valence electrons. The van der Waals surface area contributed by atoms with Crippen molar-refractivity contribution in [1.82, 2.24) is 0 Å². The molecular weight excluding hydrogens is 220 g/mol. The lowest BCUT2D eigenvalue weighted by Crippen LogP contribution is -2.21. The van der Waals surface area contributed by atoms with E-state index in [0.29, 0.717) is 11.8 Å². The van der Waals surface area contributed by atoms with Gasteiger partial charge in [0.2, 0.25) is 0 Å². The maximum absolute atomic E-state index is 10.2. The molecule has 1 N–H and O–H groups in total. The average molecular weight is 246 g/mol. The van der Waals surface area contributed by atoms with Crippen molar-refractivity contribution in [2.45, 2.75) is 64.4 Å². The summed E-state index contributed by atoms with van der Waals surface area (Å²) in [7, 11) is 0. The largest absolute Gasteiger partial charge is 0.393 e. The lowest BCUT2D eigenvalue weighted by Gasteiger charge is -2.20. The fourth-order valence-corrected chi connectivity index (χ4v) is 2.94. The number of benzene rings is 1. The van der Waals surface area contributed by atoms with Crippen LogP contribution in [-0.4, -0.2) is 11.2 Å². The van der Waals surface area contributed by atoms with Crippen LogP contribution >= 0.6 is 0 Å². The van der Waals surface area contributed by atoms with Crippen LogP contribution < -0.4 is 0 Å². The summed E-state index contributed by atoms with van der Waals surface area (Å²) in [6.07, 6.45) is 6.91. The third-order valence-electron chi connectivity index (χ3n) is 4.26. The normalized spacial score (nSPS) is 25.1. The minimum absolute atomic E-state index is 0.0859. The molecule has 0 radical (unpaired) electrons. The highest BCUT2D eigenvalue weighted by Crippen LogP contribution is 2.27. The van der Waals surface area contributed by atoms with Crippen LogP contribution in [0.2, 0.25) is 0 Å². The first-order valence-corrected chi connectivity index (χ1v) is 7.43. The highest BCUT2D eigenvalue weighted by molar-refractivity contribution is 5.25. The van der Waals surface area contributed by atoms with Crippen LogP contribution in [0.1, 0.15) is 63.0 Å². The molecule has 1 saturated carbocycles. The highest BCUT2D eigenvalue weighted by atomic mass is 16.3. The first-order valence-electron chi connectivity index (χ1n) is 7.43. The molecule has 1 fully saturated rings. The zero-order valence-electron chi connectivity index (χ0n) is 11.7. The predicted molar refractivity (Wildman–Crippen MR) is 76.8 cm³/mol. The van der Waals surface area contributed by atoms with Gasteiger partial charge in [0, 0.05) is 0 Å². The number of aliphatic hydroxyl groups is 1. The van der Waals surface area contributed by atoms with E-state index < -0.39 is 0 Å². The first kappa shape index (κ1) is 13.6. The van der Waals surface area contributed by atoms with Gasteiger partial charge in [-0.1, -0.05) is 57.4 Å². The smallest absolute Gasteiger partial charge is 0.0571 e. The Bertz CT molecular complexity index is 352. The minimum atomic E-state index is -0.0859. The van der Waals surface area contributed by atoms with E-state index in [1.807, 2.05) is 0 Å². The molecule has 1 heteroatoms. The van der Waals surface area contributed by atoms with E-state index >= 15 is 0 Å². The standard InChI is InChI=1S/C17H26O/c1-13(2)15-10-8-14(9-11-15)12-16-6-4-3-5-7-17(16)18/h8-11,13,16-18H,3-7,12H2,1-2H3. The third kappa shape index (κ3) is 3.58. The summed E-state index contributed by atoms with van der Waals surface area (Å²) in [4.78, 5) is 0. The van der Waals surface area contributed by atoms with Gasteiger partial charge in [0.1, 0.15) is 0 Å². The molecule has 1 aromatic carbocycles. The van der Waals surface area contributed by atoms with E-state index in [-0.39, 0.29) is 6.10 Å². The predicted octanol–water partition coefficient (Wildman–Crippen LogP) is 4.29. The van der Waals surface area contributed by atoms with Gasteiger partial charge >= 0.3 is 0 Å². The molecule has 18 heavy (non-hydrogen) atoms. The Labute approximate surface area is 111 Å². The van der Waals surface area contributed by atoms with Crippen molar-refractivity contribution < 1.29 is 5.11 Å². The maximum Gasteiger partial charge on any atom is 0.0571 e. The molecule has 0 aromatic heterocycles. The number of hydrogen-bond donors (Lipinski definition) is 1. The van der Waals surface area contributed by atoms with Crippen molar-refractivity contribution in [2.75, 3.05) is 0 Å². The Morgan fingerprint density at radius 3 is 2.39 bits per heavy atom. The van der Waals surface area contributed by atoms with Crippen LogP contribution in [0.3, 0.4) is 0 Å². The molecule has 0 aliphatic heterocycles. The Morgan fingerprint density at radius 1 is 1.06 bits per heavy atom. The molecule has 2 unspecified atom stereocenters. The number of hydrogen-bond acceptors (Lipinski definition) is 1. The quantitative estimate of drug-likeness (QED) is 0.789. The minimum Gasteiger partial charge on any atom is -0.393 e. The fourth-order valence-electron chi connectivity index (χ4n) is 2.94. The summed E-state index contributed by atoms with van der Waals surface area (Å²) >= 11 is 0. The molecule has 0 bridgehead atoms. The van der Waals surface area contributed by atoms with Gasteiger partial charge in [-0.15, -0.1) is 0 Å². The van der Waals surface area contributed by atoms with Crippen LogP contribution in [0, 0.1) is 5.92 Å². The summed E-state index contributed by atoms with van der Waals surface area (Å²) in [5.74, 6) is 1.07. The molecule has 0 heterocycles. The van der Waals surface area contributed by atoms with E-state index in [1.54, 1.807) is 0 Å². The van der Waals surface area contributed by atoms with Crippen molar-refractivity contribution in [3.63, 3.8) is 0 Å². The summed E-state index contributed by atoms with van der Waals surface area (Å²) in [5, 5.41) is 10.2. The monoisotopic (exact) mass is 246 g/mol. The van der Waals surface area contributed by atoms with Crippen molar-refractivity contribution in [1.29, 1.82) is 0 Å². The Kier molecular flexibility index (Phi) is 4.82. The molecule has 2 rings (SSSR count). The zero-order chi connectivity index (χ0) is 13.0. The second-order valence-corrected chi connectivity index (χ2v) is 6.07. The number of rotatable bonds is 3. The Balaban J connectivity index is 1.99. The average Bonchev–Trinajstić information content (AvgIpc) is 2.56. The second kappa shape index (κ2) is 6.38. The molecule has 1 aliphatic carbocycles. The van der Waals surface area contributed by atoms with Gasteiger partial charge in [-0.2, -0.15) is 0 Å². The summed E-state index contributed by atoms with van der Waals surface area (Å²) < 4.78 is 0. The zero-order valence-corrected chi connectivity index (χ0v) is 11.7. The van der Waals surface area contributed by atoms with E-state index in [1.165, 1.54) is 36.8 Å². The third-order valence-corrected chi connectivity index (χ3v) is 4.26. The topological polar surface area (TPSA) is 20.2 Å². The fraction of sp³-hybridized carbons (Fsp3) is 0.647. The van der Waals surface area contributed by atoms with Crippen molar-refractivity contribution in [3.05, 3.63) is 35.4 Å². The van der Waals surface area contributed by atoms with Gasteiger partial charge in [0.05, 0.1) is 6.10 Å². The molecular formula is C17H26O. The van der Waals surface area contributed by atoms with Gasteiger partial charge in [0.25, 0.3) is 0 Å². The molecule has 2 atom stereocenters. The van der Waals surface area contributed by atoms with Crippen LogP contribution in [0.25, 0.3) is 0 Å². The Hall–Kier alpha value is -0.820. The van der Waals surface area contributed by atoms with Crippen LogP contribution in [-0.2, 0) is 6.42 Å². The van der Waals surface area contributed by atoms with Gasteiger partial charge in [-0.3, -0.25) is 0 Å². The molecule has 0 amide bonds. The maximum atomic E-state index is 10.2.